The summed E-state index contributed by atoms with van der Waals surface area (Å²) < 4.78 is 30.5. The summed E-state index contributed by atoms with van der Waals surface area (Å²) in [4.78, 5) is 12.6. The van der Waals surface area contributed by atoms with Gasteiger partial charge in [-0.15, -0.1) is 10.2 Å². The Labute approximate surface area is 159 Å². The van der Waals surface area contributed by atoms with Gasteiger partial charge in [-0.3, -0.25) is 4.79 Å². The minimum atomic E-state index is -2.89. The first kappa shape index (κ1) is 19.0. The van der Waals surface area contributed by atoms with Gasteiger partial charge in [0.15, 0.2) is 16.8 Å². The van der Waals surface area contributed by atoms with Crippen molar-refractivity contribution in [3.05, 3.63) is 60.2 Å². The molecule has 0 saturated heterocycles. The molecule has 0 fully saturated rings. The topological polar surface area (TPSA) is 57.0 Å². The fourth-order valence-electron chi connectivity index (χ4n) is 2.50. The molecule has 1 aromatic heterocycles. The molecule has 0 radical (unpaired) electrons. The molecule has 8 heteroatoms. The van der Waals surface area contributed by atoms with Gasteiger partial charge in [0.05, 0.1) is 5.25 Å². The second-order valence-electron chi connectivity index (χ2n) is 5.76. The number of halogens is 2. The summed E-state index contributed by atoms with van der Waals surface area (Å²) in [5.74, 6) is 0.599. The molecule has 0 aliphatic rings. The summed E-state index contributed by atoms with van der Waals surface area (Å²) in [6.07, 6.45) is 0. The van der Waals surface area contributed by atoms with Crippen molar-refractivity contribution in [2.24, 2.45) is 7.05 Å². The number of carbonyl (C=O) groups excluding carboxylic acids is 1. The van der Waals surface area contributed by atoms with E-state index in [1.165, 1.54) is 36.0 Å². The fraction of sp³-hybridized carbons (Fsp3) is 0.211. The Morgan fingerprint density at radius 3 is 2.37 bits per heavy atom. The molecular formula is C19H17F2N3O2S. The van der Waals surface area contributed by atoms with Crippen LogP contribution in [-0.4, -0.2) is 32.4 Å². The number of thioether (sulfide) groups is 1. The van der Waals surface area contributed by atoms with Crippen LogP contribution in [0.3, 0.4) is 0 Å². The molecular weight excluding hydrogens is 372 g/mol. The van der Waals surface area contributed by atoms with E-state index < -0.39 is 11.9 Å². The Morgan fingerprint density at radius 2 is 1.74 bits per heavy atom. The highest BCUT2D eigenvalue weighted by Crippen LogP contribution is 2.27. The number of Topliss-reactive ketones (excluding diaryl/α,β-unsaturated/α-hetero) is 1. The maximum atomic E-state index is 12.6. The summed E-state index contributed by atoms with van der Waals surface area (Å²) in [7, 11) is 1.85. The number of alkyl halides is 2. The highest BCUT2D eigenvalue weighted by atomic mass is 32.2. The Balaban J connectivity index is 1.71. The van der Waals surface area contributed by atoms with Crippen LogP contribution < -0.4 is 4.74 Å². The average Bonchev–Trinajstić information content (AvgIpc) is 3.02. The van der Waals surface area contributed by atoms with Gasteiger partial charge in [0, 0.05) is 18.2 Å². The molecule has 0 bridgehead atoms. The average molecular weight is 389 g/mol. The predicted molar refractivity (Wildman–Crippen MR) is 99.2 cm³/mol. The number of aromatic nitrogens is 3. The molecule has 5 nitrogen and oxygen atoms in total. The molecule has 1 atom stereocenters. The van der Waals surface area contributed by atoms with E-state index in [4.69, 9.17) is 0 Å². The fourth-order valence-corrected chi connectivity index (χ4v) is 3.40. The van der Waals surface area contributed by atoms with Crippen LogP contribution >= 0.6 is 11.8 Å². The van der Waals surface area contributed by atoms with E-state index in [1.807, 2.05) is 41.9 Å². The molecule has 140 valence electrons. The lowest BCUT2D eigenvalue weighted by molar-refractivity contribution is -0.0498. The zero-order valence-corrected chi connectivity index (χ0v) is 15.5. The van der Waals surface area contributed by atoms with Crippen molar-refractivity contribution in [3.8, 4) is 17.1 Å². The molecule has 0 aliphatic heterocycles. The summed E-state index contributed by atoms with van der Waals surface area (Å²) in [6, 6.07) is 15.3. The largest absolute Gasteiger partial charge is 0.435 e. The van der Waals surface area contributed by atoms with Crippen molar-refractivity contribution in [2.75, 3.05) is 0 Å². The standard InChI is InChI=1S/C19H17F2N3O2S/c1-12(16(25)13-8-10-15(11-9-13)26-18(20)21)27-19-23-22-17(24(19)2)14-6-4-3-5-7-14/h3-12,18H,1-2H3/t12-/m0/s1. The number of nitrogens with zero attached hydrogens (tertiary/aromatic N) is 3. The van der Waals surface area contributed by atoms with Gasteiger partial charge in [-0.2, -0.15) is 8.78 Å². The number of rotatable bonds is 7. The summed E-state index contributed by atoms with van der Waals surface area (Å²) in [6.45, 7) is -1.12. The Morgan fingerprint density at radius 1 is 1.07 bits per heavy atom. The quantitative estimate of drug-likeness (QED) is 0.441. The molecule has 1 heterocycles. The van der Waals surface area contributed by atoms with E-state index in [0.29, 0.717) is 16.5 Å². The van der Waals surface area contributed by atoms with Gasteiger partial charge in [-0.05, 0) is 31.2 Å². The molecule has 0 spiro atoms. The zero-order valence-electron chi connectivity index (χ0n) is 14.7. The first-order chi connectivity index (χ1) is 13.0. The lowest BCUT2D eigenvalue weighted by Crippen LogP contribution is -2.14. The van der Waals surface area contributed by atoms with Crippen molar-refractivity contribution in [2.45, 2.75) is 23.9 Å². The molecule has 0 aliphatic carbocycles. The van der Waals surface area contributed by atoms with Gasteiger partial charge >= 0.3 is 6.61 Å². The summed E-state index contributed by atoms with van der Waals surface area (Å²) >= 11 is 1.29. The van der Waals surface area contributed by atoms with Crippen molar-refractivity contribution in [1.29, 1.82) is 0 Å². The molecule has 0 unspecified atom stereocenters. The van der Waals surface area contributed by atoms with Crippen molar-refractivity contribution in [3.63, 3.8) is 0 Å². The van der Waals surface area contributed by atoms with E-state index >= 15 is 0 Å². The normalized spacial score (nSPS) is 12.2. The van der Waals surface area contributed by atoms with E-state index in [1.54, 1.807) is 6.92 Å². The second-order valence-corrected chi connectivity index (χ2v) is 7.07. The van der Waals surface area contributed by atoms with Crippen LogP contribution in [0.1, 0.15) is 17.3 Å². The molecule has 3 aromatic rings. The maximum Gasteiger partial charge on any atom is 0.387 e. The number of hydrogen-bond acceptors (Lipinski definition) is 5. The maximum absolute atomic E-state index is 12.6. The van der Waals surface area contributed by atoms with Crippen LogP contribution in [0.2, 0.25) is 0 Å². The van der Waals surface area contributed by atoms with Gasteiger partial charge in [0.25, 0.3) is 0 Å². The zero-order chi connectivity index (χ0) is 19.4. The summed E-state index contributed by atoms with van der Waals surface area (Å²) in [5.41, 5.74) is 1.36. The van der Waals surface area contributed by atoms with Crippen molar-refractivity contribution < 1.29 is 18.3 Å². The monoisotopic (exact) mass is 389 g/mol. The van der Waals surface area contributed by atoms with E-state index in [-0.39, 0.29) is 11.5 Å². The Bertz CT molecular complexity index is 914. The van der Waals surface area contributed by atoms with E-state index in [2.05, 4.69) is 14.9 Å². The van der Waals surface area contributed by atoms with E-state index in [9.17, 15) is 13.6 Å². The molecule has 2 aromatic carbocycles. The number of ether oxygens (including phenoxy) is 1. The third-order valence-electron chi connectivity index (χ3n) is 3.88. The third kappa shape index (κ3) is 4.51. The smallest absolute Gasteiger partial charge is 0.387 e. The highest BCUT2D eigenvalue weighted by Gasteiger charge is 2.20. The number of carbonyl (C=O) groups is 1. The van der Waals surface area contributed by atoms with E-state index in [0.717, 1.165) is 5.56 Å². The molecule has 27 heavy (non-hydrogen) atoms. The van der Waals surface area contributed by atoms with Crippen LogP contribution in [0.5, 0.6) is 5.75 Å². The van der Waals surface area contributed by atoms with Crippen molar-refractivity contribution in [1.82, 2.24) is 14.8 Å². The number of benzene rings is 2. The second kappa shape index (κ2) is 8.30. The van der Waals surface area contributed by atoms with Gasteiger partial charge in [-0.25, -0.2) is 0 Å². The van der Waals surface area contributed by atoms with Crippen LogP contribution in [0.4, 0.5) is 8.78 Å². The lowest BCUT2D eigenvalue weighted by Gasteiger charge is -2.11. The molecule has 0 N–H and O–H groups in total. The minimum absolute atomic E-state index is 0.0164. The predicted octanol–water partition coefficient (Wildman–Crippen LogP) is 4.45. The van der Waals surface area contributed by atoms with Gasteiger partial charge in [0.1, 0.15) is 5.75 Å². The molecule has 0 saturated carbocycles. The lowest BCUT2D eigenvalue weighted by atomic mass is 10.1. The van der Waals surface area contributed by atoms with Gasteiger partial charge in [0.2, 0.25) is 0 Å². The number of hydrogen-bond donors (Lipinski definition) is 0. The minimum Gasteiger partial charge on any atom is -0.435 e. The van der Waals surface area contributed by atoms with Gasteiger partial charge < -0.3 is 9.30 Å². The summed E-state index contributed by atoms with van der Waals surface area (Å²) in [5, 5.41) is 8.58. The molecule has 3 rings (SSSR count). The van der Waals surface area contributed by atoms with Crippen LogP contribution in [0.15, 0.2) is 59.8 Å². The third-order valence-corrected chi connectivity index (χ3v) is 5.02. The van der Waals surface area contributed by atoms with Crippen LogP contribution in [0, 0.1) is 0 Å². The Kier molecular flexibility index (Phi) is 5.85. The van der Waals surface area contributed by atoms with Gasteiger partial charge in [-0.1, -0.05) is 42.1 Å². The Hall–Kier alpha value is -2.74. The van der Waals surface area contributed by atoms with Crippen molar-refractivity contribution >= 4 is 17.5 Å². The highest BCUT2D eigenvalue weighted by molar-refractivity contribution is 8.00. The number of ketones is 1. The first-order valence-corrected chi connectivity index (χ1v) is 9.04. The van der Waals surface area contributed by atoms with Crippen LogP contribution in [-0.2, 0) is 7.05 Å². The SMILES string of the molecule is C[C@H](Sc1nnc(-c2ccccc2)n1C)C(=O)c1ccc(OC(F)F)cc1. The van der Waals surface area contributed by atoms with Crippen LogP contribution in [0.25, 0.3) is 11.4 Å². The molecule has 0 amide bonds. The first-order valence-electron chi connectivity index (χ1n) is 8.16.